The molecule has 0 fully saturated rings. The van der Waals surface area contributed by atoms with E-state index in [1.807, 2.05) is 11.3 Å². The van der Waals surface area contributed by atoms with Crippen molar-refractivity contribution in [2.45, 2.75) is 0 Å². The quantitative estimate of drug-likeness (QED) is 0.182. The first-order valence-electron chi connectivity index (χ1n) is 17.2. The fraction of sp³-hybridized carbons (Fsp3) is 0. The summed E-state index contributed by atoms with van der Waals surface area (Å²) in [6, 6.07) is 55.0. The van der Waals surface area contributed by atoms with E-state index in [1.54, 1.807) is 11.3 Å². The van der Waals surface area contributed by atoms with Crippen LogP contribution < -0.4 is 0 Å². The Bertz CT molecular complexity index is 3340. The first kappa shape index (κ1) is 27.7. The number of nitrogens with zero attached hydrogens (tertiary/aromatic N) is 3. The summed E-state index contributed by atoms with van der Waals surface area (Å²) in [5, 5.41) is 14.8. The molecule has 0 aliphatic heterocycles. The van der Waals surface area contributed by atoms with Crippen LogP contribution in [0.25, 0.3) is 112 Å². The van der Waals surface area contributed by atoms with Gasteiger partial charge in [0.2, 0.25) is 5.95 Å². The second kappa shape index (κ2) is 10.2. The Labute approximate surface area is 299 Å². The van der Waals surface area contributed by atoms with Crippen LogP contribution in [0.1, 0.15) is 0 Å². The van der Waals surface area contributed by atoms with Gasteiger partial charge in [0.1, 0.15) is 4.83 Å². The second-order valence-corrected chi connectivity index (χ2v) is 15.4. The lowest BCUT2D eigenvalue weighted by Crippen LogP contribution is -2.02. The van der Waals surface area contributed by atoms with Crippen LogP contribution in [-0.4, -0.2) is 14.5 Å². The zero-order valence-corrected chi connectivity index (χ0v) is 28.7. The molecule has 0 radical (unpaired) electrons. The molecule has 4 aromatic heterocycles. The summed E-state index contributed by atoms with van der Waals surface area (Å²) in [5.41, 5.74) is 4.35. The molecule has 0 N–H and O–H groups in total. The maximum atomic E-state index is 5.69. The highest BCUT2D eigenvalue weighted by atomic mass is 32.1. The molecule has 4 heterocycles. The van der Waals surface area contributed by atoms with Crippen molar-refractivity contribution in [3.63, 3.8) is 0 Å². The molecular weight excluding hydrogens is 659 g/mol. The van der Waals surface area contributed by atoms with E-state index in [2.05, 4.69) is 156 Å². The summed E-state index contributed by atoms with van der Waals surface area (Å²) in [5.74, 6) is 0.692. The van der Waals surface area contributed by atoms with Gasteiger partial charge in [-0.15, -0.1) is 22.7 Å². The topological polar surface area (TPSA) is 30.7 Å². The smallest absolute Gasteiger partial charge is 0.236 e. The van der Waals surface area contributed by atoms with Crippen molar-refractivity contribution < 1.29 is 0 Å². The molecule has 0 aliphatic rings. The van der Waals surface area contributed by atoms with E-state index in [0.29, 0.717) is 5.95 Å². The number of thiophene rings is 2. The maximum absolute atomic E-state index is 5.69. The fourth-order valence-electron chi connectivity index (χ4n) is 8.42. The van der Waals surface area contributed by atoms with Crippen molar-refractivity contribution in [1.82, 2.24) is 14.5 Å². The van der Waals surface area contributed by atoms with E-state index in [9.17, 15) is 0 Å². The van der Waals surface area contributed by atoms with Gasteiger partial charge in [-0.2, -0.15) is 0 Å². The second-order valence-electron chi connectivity index (χ2n) is 13.3. The Hall–Kier alpha value is -6.14. The maximum Gasteiger partial charge on any atom is 0.236 e. The van der Waals surface area contributed by atoms with Gasteiger partial charge in [-0.05, 0) is 62.6 Å². The van der Waals surface area contributed by atoms with Crippen molar-refractivity contribution in [3.05, 3.63) is 152 Å². The lowest BCUT2D eigenvalue weighted by atomic mass is 9.97. The van der Waals surface area contributed by atoms with E-state index in [1.165, 1.54) is 73.3 Å². The normalized spacial score (nSPS) is 12.3. The first-order valence-corrected chi connectivity index (χ1v) is 18.8. The van der Waals surface area contributed by atoms with Crippen molar-refractivity contribution in [2.75, 3.05) is 0 Å². The monoisotopic (exact) mass is 683 g/mol. The van der Waals surface area contributed by atoms with Gasteiger partial charge in [-0.3, -0.25) is 4.57 Å². The molecule has 0 bridgehead atoms. The van der Waals surface area contributed by atoms with Crippen molar-refractivity contribution in [3.8, 4) is 17.2 Å². The Morgan fingerprint density at radius 3 is 1.57 bits per heavy atom. The van der Waals surface area contributed by atoms with Gasteiger partial charge < -0.3 is 0 Å². The highest BCUT2D eigenvalue weighted by Gasteiger charge is 2.24. The number of aromatic nitrogens is 3. The van der Waals surface area contributed by atoms with Crippen LogP contribution in [0.3, 0.4) is 0 Å². The predicted molar refractivity (Wildman–Crippen MR) is 220 cm³/mol. The number of hydrogen-bond donors (Lipinski definition) is 0. The molecule has 0 amide bonds. The van der Waals surface area contributed by atoms with Crippen LogP contribution in [0.4, 0.5) is 0 Å². The molecule has 3 nitrogen and oxygen atoms in total. The minimum atomic E-state index is 0.692. The molecule has 12 aromatic rings. The summed E-state index contributed by atoms with van der Waals surface area (Å²) < 4.78 is 6.06. The Balaban J connectivity index is 1.28. The molecule has 0 spiro atoms. The minimum absolute atomic E-state index is 0.692. The fourth-order valence-corrected chi connectivity index (χ4v) is 10.7. The summed E-state index contributed by atoms with van der Waals surface area (Å²) in [6.45, 7) is 0. The van der Waals surface area contributed by atoms with E-state index in [0.717, 1.165) is 32.5 Å². The standard InChI is InChI=1S/C46H25N3S2/c1-4-14-29-26(11-1)21-23-35-40(29)41-30-15-5-2-12-27(30)22-24-36(41)49(35)46-47-43(42-33-18-8-10-20-38(33)51-45(42)48-46)34-25-28-13-3-6-16-31(28)39-32-17-7-9-19-37(32)50-44(34)39/h1-25H. The SMILES string of the molecule is c1ccc2c(c1)cc(-c1nc(-n3c4ccc5ccccc5c4c4c5ccccc5ccc43)nc3sc4ccccc4c13)c1sc3ccccc3c12. The lowest BCUT2D eigenvalue weighted by Gasteiger charge is -2.12. The molecule has 5 heteroatoms. The summed E-state index contributed by atoms with van der Waals surface area (Å²) in [7, 11) is 0. The van der Waals surface area contributed by atoms with Crippen LogP contribution in [0.5, 0.6) is 0 Å². The Kier molecular flexibility index (Phi) is 5.53. The largest absolute Gasteiger partial charge is 0.278 e. The third-order valence-electron chi connectivity index (χ3n) is 10.6. The summed E-state index contributed by atoms with van der Waals surface area (Å²) >= 11 is 3.61. The first-order chi connectivity index (χ1) is 25.3. The molecule has 0 aliphatic carbocycles. The average Bonchev–Trinajstić information content (AvgIpc) is 3.87. The zero-order chi connectivity index (χ0) is 33.2. The van der Waals surface area contributed by atoms with Crippen LogP contribution >= 0.6 is 22.7 Å². The van der Waals surface area contributed by atoms with Crippen molar-refractivity contribution in [2.24, 2.45) is 0 Å². The summed E-state index contributed by atoms with van der Waals surface area (Å²) in [6.07, 6.45) is 0. The molecule has 0 atom stereocenters. The van der Waals surface area contributed by atoms with Gasteiger partial charge in [0.25, 0.3) is 0 Å². The zero-order valence-electron chi connectivity index (χ0n) is 27.1. The Morgan fingerprint density at radius 1 is 0.412 bits per heavy atom. The minimum Gasteiger partial charge on any atom is -0.278 e. The van der Waals surface area contributed by atoms with Gasteiger partial charge in [-0.1, -0.05) is 121 Å². The highest BCUT2D eigenvalue weighted by molar-refractivity contribution is 7.27. The van der Waals surface area contributed by atoms with Crippen molar-refractivity contribution >= 4 is 117 Å². The average molecular weight is 684 g/mol. The predicted octanol–water partition coefficient (Wildman–Crippen LogP) is 13.4. The van der Waals surface area contributed by atoms with Gasteiger partial charge in [0.05, 0.1) is 16.7 Å². The third kappa shape index (κ3) is 3.77. The van der Waals surface area contributed by atoms with Crippen molar-refractivity contribution in [1.29, 1.82) is 0 Å². The van der Waals surface area contributed by atoms with Crippen LogP contribution in [0, 0.1) is 0 Å². The van der Waals surface area contributed by atoms with Gasteiger partial charge in [0, 0.05) is 52.0 Å². The highest BCUT2D eigenvalue weighted by Crippen LogP contribution is 2.48. The Morgan fingerprint density at radius 2 is 0.922 bits per heavy atom. The van der Waals surface area contributed by atoms with E-state index >= 15 is 0 Å². The van der Waals surface area contributed by atoms with E-state index < -0.39 is 0 Å². The molecule has 0 unspecified atom stereocenters. The van der Waals surface area contributed by atoms with Gasteiger partial charge >= 0.3 is 0 Å². The molecule has 0 saturated carbocycles. The third-order valence-corrected chi connectivity index (χ3v) is 12.9. The summed E-state index contributed by atoms with van der Waals surface area (Å²) in [4.78, 5) is 12.1. The van der Waals surface area contributed by atoms with Gasteiger partial charge in [0.15, 0.2) is 0 Å². The van der Waals surface area contributed by atoms with Crippen LogP contribution in [0.15, 0.2) is 152 Å². The number of hydrogen-bond acceptors (Lipinski definition) is 4. The molecule has 12 rings (SSSR count). The molecule has 8 aromatic carbocycles. The van der Waals surface area contributed by atoms with E-state index in [-0.39, 0.29) is 0 Å². The molecule has 51 heavy (non-hydrogen) atoms. The van der Waals surface area contributed by atoms with Crippen LogP contribution in [0.2, 0.25) is 0 Å². The molecular formula is C46H25N3S2. The lowest BCUT2D eigenvalue weighted by molar-refractivity contribution is 1.02. The number of fused-ring (bicyclic) bond motifs is 15. The van der Waals surface area contributed by atoms with E-state index in [4.69, 9.17) is 9.97 Å². The van der Waals surface area contributed by atoms with Crippen LogP contribution in [-0.2, 0) is 0 Å². The molecule has 0 saturated heterocycles. The number of rotatable bonds is 2. The number of benzene rings is 8. The molecule has 236 valence electrons. The van der Waals surface area contributed by atoms with Gasteiger partial charge in [-0.25, -0.2) is 9.97 Å².